The zero-order valence-corrected chi connectivity index (χ0v) is 14.3. The molecule has 0 bridgehead atoms. The molecular weight excluding hydrogens is 370 g/mol. The van der Waals surface area contributed by atoms with Crippen LogP contribution < -0.4 is 19.5 Å². The van der Waals surface area contributed by atoms with Gasteiger partial charge in [-0.1, -0.05) is 12.1 Å². The van der Waals surface area contributed by atoms with Crippen molar-refractivity contribution in [2.24, 2.45) is 0 Å². The Kier molecular flexibility index (Phi) is 5.51. The molecule has 1 aromatic heterocycles. The van der Waals surface area contributed by atoms with E-state index in [1.165, 1.54) is 32.4 Å². The number of urea groups is 1. The van der Waals surface area contributed by atoms with Crippen molar-refractivity contribution in [2.45, 2.75) is 4.90 Å². The highest BCUT2D eigenvalue weighted by atomic mass is 32.2. The molecule has 1 heterocycles. The molecule has 2 aromatic rings. The van der Waals surface area contributed by atoms with Gasteiger partial charge in [0.2, 0.25) is 5.88 Å². The smallest absolute Gasteiger partial charge is 0.334 e. The third kappa shape index (κ3) is 4.32. The molecule has 2 amide bonds. The fourth-order valence-electron chi connectivity index (χ4n) is 1.82. The number of hydrogen-bond acceptors (Lipinski definition) is 9. The number of benzene rings is 1. The van der Waals surface area contributed by atoms with Crippen molar-refractivity contribution in [1.82, 2.24) is 14.7 Å². The van der Waals surface area contributed by atoms with E-state index in [2.05, 4.69) is 15.3 Å². The minimum Gasteiger partial charge on any atom is -0.481 e. The van der Waals surface area contributed by atoms with Gasteiger partial charge in [-0.2, -0.15) is 9.97 Å². The summed E-state index contributed by atoms with van der Waals surface area (Å²) < 4.78 is 35.9. The second kappa shape index (κ2) is 7.60. The Bertz CT molecular complexity index is 925. The van der Waals surface area contributed by atoms with Gasteiger partial charge in [0.25, 0.3) is 15.7 Å². The fourth-order valence-corrected chi connectivity index (χ4v) is 2.90. The first-order chi connectivity index (χ1) is 12.3. The van der Waals surface area contributed by atoms with Crippen molar-refractivity contribution in [2.75, 3.05) is 19.5 Å². The lowest BCUT2D eigenvalue weighted by atomic mass is 10.3. The van der Waals surface area contributed by atoms with Gasteiger partial charge in [0.05, 0.1) is 19.1 Å². The van der Waals surface area contributed by atoms with Crippen molar-refractivity contribution in [3.05, 3.63) is 40.4 Å². The van der Waals surface area contributed by atoms with Crippen LogP contribution in [0.3, 0.4) is 0 Å². The lowest BCUT2D eigenvalue weighted by molar-refractivity contribution is -0.387. The zero-order valence-electron chi connectivity index (χ0n) is 13.5. The molecule has 0 unspecified atom stereocenters. The van der Waals surface area contributed by atoms with Gasteiger partial charge in [-0.3, -0.25) is 15.4 Å². The number of carbonyl (C=O) groups is 1. The van der Waals surface area contributed by atoms with Crippen LogP contribution in [0, 0.1) is 10.1 Å². The van der Waals surface area contributed by atoms with Crippen LogP contribution in [0.2, 0.25) is 0 Å². The van der Waals surface area contributed by atoms with Crippen molar-refractivity contribution < 1.29 is 27.6 Å². The Balaban J connectivity index is 2.23. The summed E-state index contributed by atoms with van der Waals surface area (Å²) in [6.45, 7) is 0. The number of para-hydroxylation sites is 1. The van der Waals surface area contributed by atoms with Gasteiger partial charge in [-0.25, -0.2) is 17.9 Å². The average Bonchev–Trinajstić information content (AvgIpc) is 2.60. The second-order valence-corrected chi connectivity index (χ2v) is 6.22. The highest BCUT2D eigenvalue weighted by Gasteiger charge is 2.27. The topological polar surface area (TPSA) is 163 Å². The molecule has 2 rings (SSSR count). The van der Waals surface area contributed by atoms with Gasteiger partial charge >= 0.3 is 12.0 Å². The Morgan fingerprint density at radius 3 is 2.50 bits per heavy atom. The summed E-state index contributed by atoms with van der Waals surface area (Å²) in [5.74, 6) is -0.0438. The molecule has 0 atom stereocenters. The van der Waals surface area contributed by atoms with E-state index in [0.29, 0.717) is 0 Å². The summed E-state index contributed by atoms with van der Waals surface area (Å²) >= 11 is 0. The van der Waals surface area contributed by atoms with Gasteiger partial charge in [-0.05, 0) is 6.07 Å². The highest BCUT2D eigenvalue weighted by Crippen LogP contribution is 2.23. The Hall–Kier alpha value is -3.48. The predicted octanol–water partition coefficient (Wildman–Crippen LogP) is 0.912. The maximum absolute atomic E-state index is 12.2. The van der Waals surface area contributed by atoms with Gasteiger partial charge in [0, 0.05) is 12.1 Å². The normalized spacial score (nSPS) is 10.7. The molecule has 0 radical (unpaired) electrons. The van der Waals surface area contributed by atoms with Crippen LogP contribution in [0.15, 0.2) is 35.2 Å². The van der Waals surface area contributed by atoms with Crippen LogP contribution in [-0.2, 0) is 10.0 Å². The van der Waals surface area contributed by atoms with Gasteiger partial charge in [-0.15, -0.1) is 0 Å². The molecule has 12 nitrogen and oxygen atoms in total. The van der Waals surface area contributed by atoms with Crippen LogP contribution in [0.5, 0.6) is 11.9 Å². The number of aromatic nitrogens is 2. The number of anilines is 1. The molecule has 0 spiro atoms. The number of nitrogens with zero attached hydrogens (tertiary/aromatic N) is 3. The summed E-state index contributed by atoms with van der Waals surface area (Å²) in [7, 11) is -1.88. The summed E-state index contributed by atoms with van der Waals surface area (Å²) in [6, 6.07) is 4.51. The number of methoxy groups -OCH3 is 2. The first kappa shape index (κ1) is 18.9. The third-order valence-corrected chi connectivity index (χ3v) is 4.27. The number of amides is 2. The number of rotatable bonds is 6. The maximum atomic E-state index is 12.2. The van der Waals surface area contributed by atoms with E-state index in [1.54, 1.807) is 4.72 Å². The number of ether oxygens (including phenoxy) is 2. The first-order valence-electron chi connectivity index (χ1n) is 6.81. The number of hydrogen-bond donors (Lipinski definition) is 2. The van der Waals surface area contributed by atoms with E-state index in [0.717, 1.165) is 12.1 Å². The molecule has 2 N–H and O–H groups in total. The molecule has 0 aliphatic heterocycles. The Labute approximate surface area is 147 Å². The van der Waals surface area contributed by atoms with E-state index < -0.39 is 31.6 Å². The van der Waals surface area contributed by atoms with Crippen LogP contribution in [0.4, 0.5) is 16.3 Å². The first-order valence-corrected chi connectivity index (χ1v) is 8.29. The average molecular weight is 383 g/mol. The van der Waals surface area contributed by atoms with Gasteiger partial charge in [0.15, 0.2) is 4.90 Å². The Morgan fingerprint density at radius 2 is 1.88 bits per heavy atom. The van der Waals surface area contributed by atoms with E-state index in [1.807, 2.05) is 0 Å². The SMILES string of the molecule is COc1cc(NC(=O)NS(=O)(=O)c2ccccc2[N+](=O)[O-])nc(OC)n1. The van der Waals surface area contributed by atoms with Crippen molar-refractivity contribution in [3.63, 3.8) is 0 Å². The molecule has 26 heavy (non-hydrogen) atoms. The minimum absolute atomic E-state index is 0.0636. The molecule has 0 fully saturated rings. The number of nitrogens with one attached hydrogen (secondary N) is 2. The largest absolute Gasteiger partial charge is 0.481 e. The number of nitro groups is 1. The summed E-state index contributed by atoms with van der Waals surface area (Å²) in [4.78, 5) is 29.0. The lowest BCUT2D eigenvalue weighted by Gasteiger charge is -2.10. The van der Waals surface area contributed by atoms with E-state index in [-0.39, 0.29) is 17.7 Å². The van der Waals surface area contributed by atoms with E-state index in [9.17, 15) is 23.3 Å². The number of nitro benzene ring substituents is 1. The molecule has 1 aromatic carbocycles. The lowest BCUT2D eigenvalue weighted by Crippen LogP contribution is -2.35. The monoisotopic (exact) mass is 383 g/mol. The summed E-state index contributed by atoms with van der Waals surface area (Å²) in [6.07, 6.45) is 0. The summed E-state index contributed by atoms with van der Waals surface area (Å²) in [5.41, 5.74) is -0.668. The molecule has 0 saturated heterocycles. The van der Waals surface area contributed by atoms with E-state index in [4.69, 9.17) is 9.47 Å². The molecule has 0 saturated carbocycles. The van der Waals surface area contributed by atoms with Crippen LogP contribution in [0.25, 0.3) is 0 Å². The Morgan fingerprint density at radius 1 is 1.19 bits per heavy atom. The molecule has 0 aliphatic rings. The fraction of sp³-hybridized carbons (Fsp3) is 0.154. The quantitative estimate of drug-likeness (QED) is 0.545. The van der Waals surface area contributed by atoms with Crippen LogP contribution in [-0.4, -0.2) is 43.6 Å². The number of sulfonamides is 1. The predicted molar refractivity (Wildman–Crippen MR) is 87.6 cm³/mol. The highest BCUT2D eigenvalue weighted by molar-refractivity contribution is 7.90. The molecule has 0 aliphatic carbocycles. The zero-order chi connectivity index (χ0) is 19.3. The van der Waals surface area contributed by atoms with Gasteiger partial charge in [0.1, 0.15) is 5.82 Å². The molecule has 138 valence electrons. The van der Waals surface area contributed by atoms with Crippen LogP contribution in [0.1, 0.15) is 0 Å². The molecular formula is C13H13N5O7S. The third-order valence-electron chi connectivity index (χ3n) is 2.89. The summed E-state index contributed by atoms with van der Waals surface area (Å²) in [5, 5.41) is 13.1. The van der Waals surface area contributed by atoms with Crippen molar-refractivity contribution >= 4 is 27.6 Å². The second-order valence-electron chi connectivity index (χ2n) is 4.57. The number of carbonyl (C=O) groups excluding carboxylic acids is 1. The maximum Gasteiger partial charge on any atom is 0.334 e. The van der Waals surface area contributed by atoms with Crippen LogP contribution >= 0.6 is 0 Å². The van der Waals surface area contributed by atoms with E-state index >= 15 is 0 Å². The van der Waals surface area contributed by atoms with Crippen molar-refractivity contribution in [3.8, 4) is 11.9 Å². The van der Waals surface area contributed by atoms with Gasteiger partial charge < -0.3 is 9.47 Å². The standard InChI is InChI=1S/C13H13N5O7S/c1-24-11-7-10(15-13(16-11)25-2)14-12(19)17-26(22,23)9-6-4-3-5-8(9)18(20)21/h3-7H,1-2H3,(H2,14,15,16,17,19). The minimum atomic E-state index is -4.50. The van der Waals surface area contributed by atoms with Crippen molar-refractivity contribution in [1.29, 1.82) is 0 Å². The molecule has 13 heteroatoms.